The van der Waals surface area contributed by atoms with Crippen LogP contribution in [0.25, 0.3) is 5.69 Å². The Kier molecular flexibility index (Phi) is 6.92. The third-order valence-electron chi connectivity index (χ3n) is 5.42. The van der Waals surface area contributed by atoms with Crippen LogP contribution in [0.3, 0.4) is 0 Å². The molecule has 0 saturated carbocycles. The minimum Gasteiger partial charge on any atom is -0.450 e. The second kappa shape index (κ2) is 9.62. The molecule has 0 atom stereocenters. The van der Waals surface area contributed by atoms with Gasteiger partial charge >= 0.3 is 6.09 Å². The number of ether oxygens (including phenoxy) is 1. The Bertz CT molecular complexity index is 1020. The van der Waals surface area contributed by atoms with Crippen molar-refractivity contribution in [1.82, 2.24) is 14.4 Å². The number of piperazine rings is 1. The van der Waals surface area contributed by atoms with Crippen LogP contribution in [0, 0.1) is 31.0 Å². The van der Waals surface area contributed by atoms with E-state index in [2.05, 4.69) is 11.4 Å². The number of nitrogens with zero attached hydrogens (tertiary/aromatic N) is 4. The molecule has 0 spiro atoms. The van der Waals surface area contributed by atoms with Gasteiger partial charge in [-0.2, -0.15) is 5.26 Å². The van der Waals surface area contributed by atoms with Crippen LogP contribution in [0.15, 0.2) is 24.3 Å². The van der Waals surface area contributed by atoms with Crippen molar-refractivity contribution >= 4 is 17.8 Å². The zero-order valence-electron chi connectivity index (χ0n) is 17.9. The molecule has 1 aromatic carbocycles. The number of anilines is 1. The molecule has 1 saturated heterocycles. The van der Waals surface area contributed by atoms with Gasteiger partial charge in [0.25, 0.3) is 0 Å². The number of halogens is 1. The predicted octanol–water partition coefficient (Wildman–Crippen LogP) is 2.82. The van der Waals surface area contributed by atoms with Gasteiger partial charge in [0.15, 0.2) is 0 Å². The average molecular weight is 427 g/mol. The van der Waals surface area contributed by atoms with E-state index >= 15 is 0 Å². The Labute approximate surface area is 180 Å². The number of nitriles is 1. The van der Waals surface area contributed by atoms with Crippen LogP contribution in [0.2, 0.25) is 0 Å². The Balaban J connectivity index is 1.74. The topological polar surface area (TPSA) is 90.6 Å². The molecule has 0 aliphatic carbocycles. The van der Waals surface area contributed by atoms with Crippen molar-refractivity contribution in [1.29, 1.82) is 5.26 Å². The van der Waals surface area contributed by atoms with Crippen molar-refractivity contribution < 1.29 is 18.7 Å². The number of benzene rings is 1. The average Bonchev–Trinajstić information content (AvgIpc) is 2.97. The van der Waals surface area contributed by atoms with Crippen molar-refractivity contribution in [2.45, 2.75) is 20.8 Å². The van der Waals surface area contributed by atoms with E-state index in [1.165, 1.54) is 12.1 Å². The molecule has 2 heterocycles. The Morgan fingerprint density at radius 1 is 1.23 bits per heavy atom. The van der Waals surface area contributed by atoms with Gasteiger partial charge in [-0.3, -0.25) is 14.3 Å². The van der Waals surface area contributed by atoms with Gasteiger partial charge in [-0.15, -0.1) is 0 Å². The standard InChI is InChI=1S/C22H26FN5O3/c1-4-31-22(30)27-10-8-26(9-11-27)14-20(29)25-21-19(13-24)15(2)16(3)28(21)18-7-5-6-17(23)12-18/h5-7,12H,4,8-11,14H2,1-3H3,(H,25,29). The predicted molar refractivity (Wildman–Crippen MR) is 114 cm³/mol. The summed E-state index contributed by atoms with van der Waals surface area (Å²) in [5.74, 6) is -0.354. The molecule has 0 bridgehead atoms. The first-order valence-electron chi connectivity index (χ1n) is 10.2. The molecule has 1 aromatic heterocycles. The van der Waals surface area contributed by atoms with Crippen molar-refractivity contribution in [3.05, 3.63) is 46.9 Å². The molecule has 164 valence electrons. The highest BCUT2D eigenvalue weighted by atomic mass is 19.1. The number of carbonyl (C=O) groups is 2. The summed E-state index contributed by atoms with van der Waals surface area (Å²) in [5.41, 5.74) is 2.35. The third kappa shape index (κ3) is 4.86. The summed E-state index contributed by atoms with van der Waals surface area (Å²) in [7, 11) is 0. The van der Waals surface area contributed by atoms with Gasteiger partial charge in [0.2, 0.25) is 5.91 Å². The molecule has 1 fully saturated rings. The number of aromatic nitrogens is 1. The minimum absolute atomic E-state index is 0.119. The maximum absolute atomic E-state index is 13.8. The molecule has 0 unspecified atom stereocenters. The number of amides is 2. The van der Waals surface area contributed by atoms with Gasteiger partial charge in [-0.25, -0.2) is 9.18 Å². The van der Waals surface area contributed by atoms with Gasteiger partial charge in [0, 0.05) is 31.9 Å². The fourth-order valence-corrected chi connectivity index (χ4v) is 3.68. The fourth-order valence-electron chi connectivity index (χ4n) is 3.68. The number of carbonyl (C=O) groups excluding carboxylic acids is 2. The van der Waals surface area contributed by atoms with E-state index in [1.54, 1.807) is 35.4 Å². The molecular formula is C22H26FN5O3. The molecule has 1 N–H and O–H groups in total. The molecule has 3 rings (SSSR count). The van der Waals surface area contributed by atoms with Crippen LogP contribution < -0.4 is 5.32 Å². The maximum atomic E-state index is 13.8. The molecule has 0 radical (unpaired) electrons. The van der Waals surface area contributed by atoms with Crippen molar-refractivity contribution in [3.63, 3.8) is 0 Å². The van der Waals surface area contributed by atoms with E-state index in [9.17, 15) is 19.2 Å². The van der Waals surface area contributed by atoms with Crippen LogP contribution in [0.4, 0.5) is 15.0 Å². The lowest BCUT2D eigenvalue weighted by Gasteiger charge is -2.33. The fraction of sp³-hybridized carbons (Fsp3) is 0.409. The molecule has 9 heteroatoms. The quantitative estimate of drug-likeness (QED) is 0.793. The summed E-state index contributed by atoms with van der Waals surface area (Å²) in [6.45, 7) is 7.87. The van der Waals surface area contributed by atoms with Gasteiger partial charge < -0.3 is 15.0 Å². The Morgan fingerprint density at radius 2 is 1.94 bits per heavy atom. The zero-order chi connectivity index (χ0) is 22.5. The van der Waals surface area contributed by atoms with Crippen LogP contribution in [-0.2, 0) is 9.53 Å². The largest absolute Gasteiger partial charge is 0.450 e. The van der Waals surface area contributed by atoms with Gasteiger partial charge in [0.1, 0.15) is 17.7 Å². The zero-order valence-corrected chi connectivity index (χ0v) is 17.9. The van der Waals surface area contributed by atoms with E-state index < -0.39 is 5.82 Å². The van der Waals surface area contributed by atoms with Crippen LogP contribution in [0.5, 0.6) is 0 Å². The van der Waals surface area contributed by atoms with E-state index in [0.717, 1.165) is 11.3 Å². The van der Waals surface area contributed by atoms with Crippen LogP contribution in [-0.4, -0.2) is 65.7 Å². The first kappa shape index (κ1) is 22.3. The maximum Gasteiger partial charge on any atom is 0.409 e. The number of rotatable bonds is 5. The molecule has 1 aliphatic rings. The molecule has 2 aromatic rings. The summed E-state index contributed by atoms with van der Waals surface area (Å²) in [6, 6.07) is 8.16. The summed E-state index contributed by atoms with van der Waals surface area (Å²) in [5, 5.41) is 12.5. The highest BCUT2D eigenvalue weighted by molar-refractivity contribution is 5.93. The molecule has 8 nitrogen and oxygen atoms in total. The molecule has 2 amide bonds. The van der Waals surface area contributed by atoms with Gasteiger partial charge in [0.05, 0.1) is 24.4 Å². The summed E-state index contributed by atoms with van der Waals surface area (Å²) in [6.07, 6.45) is -0.343. The molecular weight excluding hydrogens is 401 g/mol. The van der Waals surface area contributed by atoms with Crippen molar-refractivity contribution in [3.8, 4) is 11.8 Å². The first-order valence-corrected chi connectivity index (χ1v) is 10.2. The second-order valence-corrected chi connectivity index (χ2v) is 7.37. The highest BCUT2D eigenvalue weighted by Crippen LogP contribution is 2.30. The number of nitrogens with one attached hydrogen (secondary N) is 1. The lowest BCUT2D eigenvalue weighted by atomic mass is 10.2. The summed E-state index contributed by atoms with van der Waals surface area (Å²) in [4.78, 5) is 28.2. The van der Waals surface area contributed by atoms with E-state index in [-0.39, 0.29) is 18.5 Å². The van der Waals surface area contributed by atoms with Crippen LogP contribution in [0.1, 0.15) is 23.7 Å². The summed E-state index contributed by atoms with van der Waals surface area (Å²) < 4.78 is 20.5. The normalized spacial score (nSPS) is 14.2. The highest BCUT2D eigenvalue weighted by Gasteiger charge is 2.25. The Hall–Kier alpha value is -3.38. The van der Waals surface area contributed by atoms with Gasteiger partial charge in [-0.1, -0.05) is 6.07 Å². The third-order valence-corrected chi connectivity index (χ3v) is 5.42. The smallest absolute Gasteiger partial charge is 0.409 e. The monoisotopic (exact) mass is 427 g/mol. The van der Waals surface area contributed by atoms with Crippen LogP contribution >= 0.6 is 0 Å². The Morgan fingerprint density at radius 3 is 2.55 bits per heavy atom. The SMILES string of the molecule is CCOC(=O)N1CCN(CC(=O)Nc2c(C#N)c(C)c(C)n2-c2cccc(F)c2)CC1. The van der Waals surface area contributed by atoms with Crippen molar-refractivity contribution in [2.24, 2.45) is 0 Å². The van der Waals surface area contributed by atoms with Crippen molar-refractivity contribution in [2.75, 3.05) is 44.6 Å². The minimum atomic E-state index is -0.404. The molecule has 31 heavy (non-hydrogen) atoms. The van der Waals surface area contributed by atoms with Gasteiger partial charge in [-0.05, 0) is 44.5 Å². The second-order valence-electron chi connectivity index (χ2n) is 7.37. The van der Waals surface area contributed by atoms with E-state index in [1.807, 2.05) is 11.8 Å². The summed E-state index contributed by atoms with van der Waals surface area (Å²) >= 11 is 0. The lowest BCUT2D eigenvalue weighted by Crippen LogP contribution is -2.50. The molecule has 1 aliphatic heterocycles. The number of hydrogen-bond donors (Lipinski definition) is 1. The van der Waals surface area contributed by atoms with E-state index in [4.69, 9.17) is 4.74 Å². The lowest BCUT2D eigenvalue weighted by molar-refractivity contribution is -0.117. The first-order chi connectivity index (χ1) is 14.8. The number of hydrogen-bond acceptors (Lipinski definition) is 5. The van der Waals surface area contributed by atoms with E-state index in [0.29, 0.717) is 49.9 Å².